The molecule has 1 amide bonds. The number of unbranched alkanes of at least 4 members (excludes halogenated alkanes) is 1. The zero-order valence-electron chi connectivity index (χ0n) is 12.7. The van der Waals surface area contributed by atoms with Crippen molar-refractivity contribution in [3.8, 4) is 0 Å². The predicted octanol–water partition coefficient (Wildman–Crippen LogP) is 1.74. The molecule has 1 unspecified atom stereocenters. The van der Waals surface area contributed by atoms with Crippen LogP contribution in [0.3, 0.4) is 0 Å². The van der Waals surface area contributed by atoms with Gasteiger partial charge < -0.3 is 16.0 Å². The standard InChI is InChI=1S/C15H31N3O/c1-3-4-6-14(16)15(19)17-9-5-10-18-11-7-13(2)8-12-18/h13-14H,3-12,16H2,1-2H3,(H,17,19). The van der Waals surface area contributed by atoms with E-state index in [2.05, 4.69) is 24.1 Å². The summed E-state index contributed by atoms with van der Waals surface area (Å²) in [5.41, 5.74) is 5.82. The zero-order chi connectivity index (χ0) is 14.1. The fraction of sp³-hybridized carbons (Fsp3) is 0.933. The highest BCUT2D eigenvalue weighted by atomic mass is 16.2. The predicted molar refractivity (Wildman–Crippen MR) is 80.0 cm³/mol. The number of amides is 1. The lowest BCUT2D eigenvalue weighted by Gasteiger charge is -2.30. The van der Waals surface area contributed by atoms with E-state index in [-0.39, 0.29) is 11.9 Å². The van der Waals surface area contributed by atoms with E-state index in [0.717, 1.165) is 44.7 Å². The van der Waals surface area contributed by atoms with Gasteiger partial charge in [0.05, 0.1) is 6.04 Å². The van der Waals surface area contributed by atoms with Gasteiger partial charge in [-0.05, 0) is 51.2 Å². The van der Waals surface area contributed by atoms with Crippen molar-refractivity contribution in [2.45, 2.75) is 58.4 Å². The molecule has 0 aromatic rings. The van der Waals surface area contributed by atoms with Gasteiger partial charge in [-0.2, -0.15) is 0 Å². The summed E-state index contributed by atoms with van der Waals surface area (Å²) in [6, 6.07) is -0.323. The monoisotopic (exact) mass is 269 g/mol. The van der Waals surface area contributed by atoms with Gasteiger partial charge in [0, 0.05) is 6.54 Å². The van der Waals surface area contributed by atoms with E-state index in [1.165, 1.54) is 25.9 Å². The second kappa shape index (κ2) is 9.32. The normalized spacial score (nSPS) is 19.3. The molecule has 0 bridgehead atoms. The Labute approximate surface area is 118 Å². The first-order valence-corrected chi connectivity index (χ1v) is 7.89. The number of likely N-dealkylation sites (tertiary alicyclic amines) is 1. The van der Waals surface area contributed by atoms with E-state index in [4.69, 9.17) is 5.73 Å². The highest BCUT2D eigenvalue weighted by Crippen LogP contribution is 2.15. The third kappa shape index (κ3) is 6.92. The van der Waals surface area contributed by atoms with Crippen molar-refractivity contribution in [3.05, 3.63) is 0 Å². The summed E-state index contributed by atoms with van der Waals surface area (Å²) in [7, 11) is 0. The van der Waals surface area contributed by atoms with Gasteiger partial charge >= 0.3 is 0 Å². The average Bonchev–Trinajstić information content (AvgIpc) is 2.42. The maximum atomic E-state index is 11.7. The van der Waals surface area contributed by atoms with Crippen molar-refractivity contribution in [1.82, 2.24) is 10.2 Å². The van der Waals surface area contributed by atoms with Gasteiger partial charge in [-0.3, -0.25) is 4.79 Å². The van der Waals surface area contributed by atoms with Crippen LogP contribution in [0.4, 0.5) is 0 Å². The fourth-order valence-corrected chi connectivity index (χ4v) is 2.49. The molecule has 0 aromatic heterocycles. The minimum absolute atomic E-state index is 0.0146. The SMILES string of the molecule is CCCCC(N)C(=O)NCCCN1CCC(C)CC1. The number of piperidine rings is 1. The second-order valence-electron chi connectivity index (χ2n) is 5.92. The summed E-state index contributed by atoms with van der Waals surface area (Å²) in [5.74, 6) is 0.897. The van der Waals surface area contributed by atoms with Crippen LogP contribution in [0.5, 0.6) is 0 Å². The topological polar surface area (TPSA) is 58.4 Å². The largest absolute Gasteiger partial charge is 0.355 e. The number of hydrogen-bond acceptors (Lipinski definition) is 3. The van der Waals surface area contributed by atoms with Gasteiger partial charge in [-0.25, -0.2) is 0 Å². The van der Waals surface area contributed by atoms with Crippen molar-refractivity contribution in [3.63, 3.8) is 0 Å². The molecule has 1 atom stereocenters. The molecule has 0 aliphatic carbocycles. The number of nitrogens with zero attached hydrogens (tertiary/aromatic N) is 1. The first-order valence-electron chi connectivity index (χ1n) is 7.89. The quantitative estimate of drug-likeness (QED) is 0.660. The summed E-state index contributed by atoms with van der Waals surface area (Å²) < 4.78 is 0. The van der Waals surface area contributed by atoms with Crippen LogP contribution in [0, 0.1) is 5.92 Å². The summed E-state index contributed by atoms with van der Waals surface area (Å²) in [6.45, 7) is 8.72. The third-order valence-corrected chi connectivity index (χ3v) is 4.03. The smallest absolute Gasteiger partial charge is 0.236 e. The lowest BCUT2D eigenvalue weighted by molar-refractivity contribution is -0.122. The first-order chi connectivity index (χ1) is 9.13. The molecule has 0 aromatic carbocycles. The number of nitrogens with two attached hydrogens (primary N) is 1. The third-order valence-electron chi connectivity index (χ3n) is 4.03. The van der Waals surface area contributed by atoms with Gasteiger partial charge in [-0.1, -0.05) is 26.7 Å². The highest BCUT2D eigenvalue weighted by Gasteiger charge is 2.15. The van der Waals surface area contributed by atoms with Crippen molar-refractivity contribution < 1.29 is 4.79 Å². The molecule has 0 radical (unpaired) electrons. The molecule has 1 heterocycles. The second-order valence-corrected chi connectivity index (χ2v) is 5.92. The molecule has 112 valence electrons. The summed E-state index contributed by atoms with van der Waals surface area (Å²) in [5, 5.41) is 2.95. The van der Waals surface area contributed by atoms with Crippen LogP contribution < -0.4 is 11.1 Å². The van der Waals surface area contributed by atoms with E-state index in [9.17, 15) is 4.79 Å². The molecule has 3 N–H and O–H groups in total. The Morgan fingerprint density at radius 3 is 2.68 bits per heavy atom. The zero-order valence-corrected chi connectivity index (χ0v) is 12.7. The maximum absolute atomic E-state index is 11.7. The molecule has 4 nitrogen and oxygen atoms in total. The summed E-state index contributed by atoms with van der Waals surface area (Å²) in [4.78, 5) is 14.2. The molecule has 0 spiro atoms. The van der Waals surface area contributed by atoms with Crippen LogP contribution in [-0.2, 0) is 4.79 Å². The van der Waals surface area contributed by atoms with Gasteiger partial charge in [0.2, 0.25) is 5.91 Å². The number of carbonyl (C=O) groups is 1. The van der Waals surface area contributed by atoms with Crippen LogP contribution in [0.1, 0.15) is 52.4 Å². The Kier molecular flexibility index (Phi) is 8.07. The van der Waals surface area contributed by atoms with E-state index in [1.807, 2.05) is 0 Å². The Morgan fingerprint density at radius 1 is 1.37 bits per heavy atom. The molecule has 1 fully saturated rings. The molecule has 1 aliphatic rings. The van der Waals surface area contributed by atoms with Crippen LogP contribution in [-0.4, -0.2) is 43.0 Å². The maximum Gasteiger partial charge on any atom is 0.236 e. The Morgan fingerprint density at radius 2 is 2.05 bits per heavy atom. The van der Waals surface area contributed by atoms with Gasteiger partial charge in [-0.15, -0.1) is 0 Å². The van der Waals surface area contributed by atoms with Crippen molar-refractivity contribution in [1.29, 1.82) is 0 Å². The van der Waals surface area contributed by atoms with Gasteiger partial charge in [0.25, 0.3) is 0 Å². The number of carbonyl (C=O) groups excluding carboxylic acids is 1. The molecule has 4 heteroatoms. The molecule has 1 rings (SSSR count). The van der Waals surface area contributed by atoms with Gasteiger partial charge in [0.1, 0.15) is 0 Å². The Bertz CT molecular complexity index is 250. The van der Waals surface area contributed by atoms with E-state index >= 15 is 0 Å². The fourth-order valence-electron chi connectivity index (χ4n) is 2.49. The van der Waals surface area contributed by atoms with E-state index < -0.39 is 0 Å². The van der Waals surface area contributed by atoms with Crippen molar-refractivity contribution in [2.24, 2.45) is 11.7 Å². The number of hydrogen-bond donors (Lipinski definition) is 2. The van der Waals surface area contributed by atoms with Crippen molar-refractivity contribution in [2.75, 3.05) is 26.2 Å². The number of rotatable bonds is 8. The number of nitrogens with one attached hydrogen (secondary N) is 1. The van der Waals surface area contributed by atoms with Crippen LogP contribution in [0.25, 0.3) is 0 Å². The lowest BCUT2D eigenvalue weighted by atomic mass is 9.99. The lowest BCUT2D eigenvalue weighted by Crippen LogP contribution is -2.42. The van der Waals surface area contributed by atoms with E-state index in [1.54, 1.807) is 0 Å². The first kappa shape index (κ1) is 16.4. The van der Waals surface area contributed by atoms with E-state index in [0.29, 0.717) is 0 Å². The van der Waals surface area contributed by atoms with Crippen molar-refractivity contribution >= 4 is 5.91 Å². The summed E-state index contributed by atoms with van der Waals surface area (Å²) >= 11 is 0. The molecule has 1 aliphatic heterocycles. The minimum Gasteiger partial charge on any atom is -0.355 e. The highest BCUT2D eigenvalue weighted by molar-refractivity contribution is 5.81. The molecular formula is C15H31N3O. The van der Waals surface area contributed by atoms with Crippen LogP contribution in [0.2, 0.25) is 0 Å². The molecular weight excluding hydrogens is 238 g/mol. The van der Waals surface area contributed by atoms with Crippen LogP contribution >= 0.6 is 0 Å². The molecule has 0 saturated carbocycles. The summed E-state index contributed by atoms with van der Waals surface area (Å²) in [6.07, 6.45) is 6.57. The van der Waals surface area contributed by atoms with Crippen LogP contribution in [0.15, 0.2) is 0 Å². The minimum atomic E-state index is -0.323. The Hall–Kier alpha value is -0.610. The molecule has 1 saturated heterocycles. The van der Waals surface area contributed by atoms with Gasteiger partial charge in [0.15, 0.2) is 0 Å². The Balaban J connectivity index is 2.02. The molecule has 19 heavy (non-hydrogen) atoms. The average molecular weight is 269 g/mol.